The third-order valence-electron chi connectivity index (χ3n) is 1.85. The van der Waals surface area contributed by atoms with E-state index in [1.165, 1.54) is 19.6 Å². The van der Waals surface area contributed by atoms with E-state index in [9.17, 15) is 4.79 Å². The van der Waals surface area contributed by atoms with E-state index in [-0.39, 0.29) is 5.91 Å². The maximum Gasteiger partial charge on any atom is 0.259 e. The van der Waals surface area contributed by atoms with Crippen LogP contribution in [0.1, 0.15) is 10.4 Å². The van der Waals surface area contributed by atoms with E-state index in [4.69, 9.17) is 4.74 Å². The van der Waals surface area contributed by atoms with Crippen molar-refractivity contribution in [2.75, 3.05) is 12.4 Å². The van der Waals surface area contributed by atoms with E-state index >= 15 is 0 Å². The number of methoxy groups -OCH3 is 1. The number of hydrogen-bond acceptors (Lipinski definition) is 5. The molecule has 2 N–H and O–H groups in total. The zero-order chi connectivity index (χ0) is 11.4. The van der Waals surface area contributed by atoms with E-state index in [1.807, 2.05) is 0 Å². The second-order valence-corrected chi connectivity index (χ2v) is 2.88. The second kappa shape index (κ2) is 4.39. The predicted molar refractivity (Wildman–Crippen MR) is 55.1 cm³/mol. The molecule has 0 aromatic carbocycles. The molecule has 0 saturated carbocycles. The molecule has 0 aliphatic heterocycles. The summed E-state index contributed by atoms with van der Waals surface area (Å²) < 4.78 is 4.88. The fourth-order valence-electron chi connectivity index (χ4n) is 1.08. The highest BCUT2D eigenvalue weighted by Gasteiger charge is 2.07. The molecule has 2 aromatic heterocycles. The Hall–Kier alpha value is -2.44. The molecule has 2 aromatic rings. The first kappa shape index (κ1) is 10.1. The molecule has 1 amide bonds. The van der Waals surface area contributed by atoms with Gasteiger partial charge in [-0.2, -0.15) is 10.1 Å². The number of aromatic nitrogens is 4. The molecule has 0 aliphatic rings. The van der Waals surface area contributed by atoms with E-state index in [1.54, 1.807) is 12.1 Å². The van der Waals surface area contributed by atoms with Crippen molar-refractivity contribution < 1.29 is 9.53 Å². The van der Waals surface area contributed by atoms with Crippen LogP contribution in [0.2, 0.25) is 0 Å². The van der Waals surface area contributed by atoms with Crippen LogP contribution in [0.25, 0.3) is 0 Å². The fraction of sp³-hybridized carbons (Fsp3) is 0.111. The third kappa shape index (κ3) is 2.14. The van der Waals surface area contributed by atoms with E-state index in [0.717, 1.165) is 0 Å². The Bertz CT molecular complexity index is 465. The lowest BCUT2D eigenvalue weighted by Gasteiger charge is -2.02. The molecule has 2 heterocycles. The topological polar surface area (TPSA) is 92.8 Å². The number of hydrogen-bond donors (Lipinski definition) is 2. The first-order valence-corrected chi connectivity index (χ1v) is 4.46. The van der Waals surface area contributed by atoms with Crippen LogP contribution in [-0.4, -0.2) is 33.2 Å². The van der Waals surface area contributed by atoms with Crippen LogP contribution in [0.15, 0.2) is 24.7 Å². The van der Waals surface area contributed by atoms with Gasteiger partial charge in [0.25, 0.3) is 5.91 Å². The van der Waals surface area contributed by atoms with Crippen molar-refractivity contribution in [2.45, 2.75) is 0 Å². The van der Waals surface area contributed by atoms with Crippen LogP contribution < -0.4 is 10.1 Å². The maximum absolute atomic E-state index is 11.6. The number of rotatable bonds is 3. The average molecular weight is 219 g/mol. The SMILES string of the molecule is COc1ccc(C(=O)Nc2ncn[nH]2)cn1. The van der Waals surface area contributed by atoms with E-state index in [0.29, 0.717) is 17.4 Å². The Kier molecular flexibility index (Phi) is 2.77. The average Bonchev–Trinajstić information content (AvgIpc) is 2.82. The van der Waals surface area contributed by atoms with E-state index in [2.05, 4.69) is 25.5 Å². The summed E-state index contributed by atoms with van der Waals surface area (Å²) in [5, 5.41) is 8.66. The number of nitrogens with one attached hydrogen (secondary N) is 2. The minimum absolute atomic E-state index is 0.292. The van der Waals surface area contributed by atoms with Crippen molar-refractivity contribution in [3.8, 4) is 5.88 Å². The highest BCUT2D eigenvalue weighted by molar-refractivity contribution is 6.03. The molecule has 0 unspecified atom stereocenters. The minimum atomic E-state index is -0.313. The first-order valence-electron chi connectivity index (χ1n) is 4.46. The molecule has 2 rings (SSSR count). The van der Waals surface area contributed by atoms with Gasteiger partial charge in [0.15, 0.2) is 0 Å². The van der Waals surface area contributed by atoms with Gasteiger partial charge in [-0.25, -0.2) is 10.1 Å². The highest BCUT2D eigenvalue weighted by atomic mass is 16.5. The van der Waals surface area contributed by atoms with Gasteiger partial charge in [-0.3, -0.25) is 10.1 Å². The Balaban J connectivity index is 2.09. The Morgan fingerprint density at radius 2 is 2.31 bits per heavy atom. The molecule has 82 valence electrons. The molecule has 0 radical (unpaired) electrons. The molecule has 0 atom stereocenters. The summed E-state index contributed by atoms with van der Waals surface area (Å²) in [4.78, 5) is 19.3. The lowest BCUT2D eigenvalue weighted by Crippen LogP contribution is -2.13. The normalized spacial score (nSPS) is 9.81. The summed E-state index contributed by atoms with van der Waals surface area (Å²) in [6.07, 6.45) is 2.73. The summed E-state index contributed by atoms with van der Waals surface area (Å²) in [5.41, 5.74) is 0.414. The second-order valence-electron chi connectivity index (χ2n) is 2.88. The van der Waals surface area contributed by atoms with Crippen LogP contribution in [-0.2, 0) is 0 Å². The number of carbonyl (C=O) groups is 1. The molecule has 7 nitrogen and oxygen atoms in total. The summed E-state index contributed by atoms with van der Waals surface area (Å²) in [7, 11) is 1.51. The zero-order valence-corrected chi connectivity index (χ0v) is 8.47. The number of aromatic amines is 1. The van der Waals surface area contributed by atoms with Crippen LogP contribution in [0.3, 0.4) is 0 Å². The van der Waals surface area contributed by atoms with Gasteiger partial charge in [0.2, 0.25) is 11.8 Å². The minimum Gasteiger partial charge on any atom is -0.481 e. The van der Waals surface area contributed by atoms with E-state index < -0.39 is 0 Å². The van der Waals surface area contributed by atoms with Gasteiger partial charge >= 0.3 is 0 Å². The number of amides is 1. The molecule has 16 heavy (non-hydrogen) atoms. The molecule has 7 heteroatoms. The van der Waals surface area contributed by atoms with Gasteiger partial charge in [0, 0.05) is 12.3 Å². The summed E-state index contributed by atoms with van der Waals surface area (Å²) in [6.45, 7) is 0. The molecule has 0 fully saturated rings. The molecular weight excluding hydrogens is 210 g/mol. The van der Waals surface area contributed by atoms with Crippen molar-refractivity contribution >= 4 is 11.9 Å². The predicted octanol–water partition coefficient (Wildman–Crippen LogP) is 0.461. The maximum atomic E-state index is 11.6. The fourth-order valence-corrected chi connectivity index (χ4v) is 1.08. The number of carbonyl (C=O) groups excluding carboxylic acids is 1. The van der Waals surface area contributed by atoms with Gasteiger partial charge < -0.3 is 4.74 Å². The first-order chi connectivity index (χ1) is 7.79. The van der Waals surface area contributed by atoms with Crippen LogP contribution in [0.4, 0.5) is 5.95 Å². The third-order valence-corrected chi connectivity index (χ3v) is 1.85. The van der Waals surface area contributed by atoms with Crippen molar-refractivity contribution in [2.24, 2.45) is 0 Å². The van der Waals surface area contributed by atoms with Gasteiger partial charge in [0.1, 0.15) is 6.33 Å². The van der Waals surface area contributed by atoms with Crippen molar-refractivity contribution in [3.63, 3.8) is 0 Å². The Morgan fingerprint density at radius 3 is 2.88 bits per heavy atom. The van der Waals surface area contributed by atoms with Crippen molar-refractivity contribution in [1.82, 2.24) is 20.2 Å². The van der Waals surface area contributed by atoms with Crippen LogP contribution >= 0.6 is 0 Å². The number of H-pyrrole nitrogens is 1. The van der Waals surface area contributed by atoms with Gasteiger partial charge in [-0.15, -0.1) is 0 Å². The monoisotopic (exact) mass is 219 g/mol. The molecule has 0 saturated heterocycles. The van der Waals surface area contributed by atoms with Crippen molar-refractivity contribution in [1.29, 1.82) is 0 Å². The molecular formula is C9H9N5O2. The Labute approximate surface area is 90.9 Å². The summed E-state index contributed by atoms with van der Waals surface area (Å²) >= 11 is 0. The number of ether oxygens (including phenoxy) is 1. The summed E-state index contributed by atoms with van der Waals surface area (Å²) in [5.74, 6) is 0.434. The molecule has 0 bridgehead atoms. The zero-order valence-electron chi connectivity index (χ0n) is 8.47. The lowest BCUT2D eigenvalue weighted by atomic mass is 10.3. The standard InChI is InChI=1S/C9H9N5O2/c1-16-7-3-2-6(4-10-7)8(15)13-9-11-5-12-14-9/h2-5H,1H3,(H2,11,12,13,14,15). The Morgan fingerprint density at radius 1 is 1.44 bits per heavy atom. The van der Waals surface area contributed by atoms with Crippen LogP contribution in [0, 0.1) is 0 Å². The van der Waals surface area contributed by atoms with Gasteiger partial charge in [-0.1, -0.05) is 0 Å². The summed E-state index contributed by atoms with van der Waals surface area (Å²) in [6, 6.07) is 3.22. The smallest absolute Gasteiger partial charge is 0.259 e. The highest BCUT2D eigenvalue weighted by Crippen LogP contribution is 2.07. The number of pyridine rings is 1. The van der Waals surface area contributed by atoms with Crippen LogP contribution in [0.5, 0.6) is 5.88 Å². The lowest BCUT2D eigenvalue weighted by molar-refractivity contribution is 0.102. The van der Waals surface area contributed by atoms with Gasteiger partial charge in [-0.05, 0) is 6.07 Å². The largest absolute Gasteiger partial charge is 0.481 e. The quantitative estimate of drug-likeness (QED) is 0.782. The van der Waals surface area contributed by atoms with Crippen molar-refractivity contribution in [3.05, 3.63) is 30.2 Å². The molecule has 0 aliphatic carbocycles. The number of anilines is 1. The molecule has 0 spiro atoms. The van der Waals surface area contributed by atoms with Gasteiger partial charge in [0.05, 0.1) is 12.7 Å². The number of nitrogens with zero attached hydrogens (tertiary/aromatic N) is 3.